The summed E-state index contributed by atoms with van der Waals surface area (Å²) in [5, 5.41) is 14.7. The van der Waals surface area contributed by atoms with E-state index in [1.165, 1.54) is 0 Å². The fourth-order valence-corrected chi connectivity index (χ4v) is 1.13. The van der Waals surface area contributed by atoms with Gasteiger partial charge in [0, 0.05) is 19.2 Å². The number of carbonyl (C=O) groups is 1. The summed E-state index contributed by atoms with van der Waals surface area (Å²) in [5.41, 5.74) is 0. The average molecular weight is 216 g/mol. The molecule has 0 aliphatic carbocycles. The minimum Gasteiger partial charge on any atom is -0.396 e. The van der Waals surface area contributed by atoms with Crippen LogP contribution < -0.4 is 10.6 Å². The summed E-state index contributed by atoms with van der Waals surface area (Å²) in [4.78, 5) is 11.2. The quantitative estimate of drug-likeness (QED) is 0.518. The Kier molecular flexibility index (Phi) is 8.33. The summed E-state index contributed by atoms with van der Waals surface area (Å²) in [7, 11) is 0. The minimum absolute atomic E-state index is 0.0420. The Morgan fingerprint density at radius 1 is 1.33 bits per heavy atom. The van der Waals surface area contributed by atoms with Gasteiger partial charge in [0.05, 0.1) is 6.54 Å². The molecule has 1 atom stereocenters. The maximum Gasteiger partial charge on any atom is 0.233 e. The molecule has 0 saturated heterocycles. The van der Waals surface area contributed by atoms with Gasteiger partial charge in [-0.3, -0.25) is 4.79 Å². The Balaban J connectivity index is 3.31. The van der Waals surface area contributed by atoms with Gasteiger partial charge in [0.15, 0.2) is 0 Å². The summed E-state index contributed by atoms with van der Waals surface area (Å²) in [5.74, 6) is 0.371. The van der Waals surface area contributed by atoms with Crippen molar-refractivity contribution in [1.29, 1.82) is 0 Å². The molecule has 0 bridgehead atoms. The Labute approximate surface area is 92.4 Å². The lowest BCUT2D eigenvalue weighted by molar-refractivity contribution is -0.120. The van der Waals surface area contributed by atoms with Crippen LogP contribution in [0, 0.1) is 5.92 Å². The van der Waals surface area contributed by atoms with Gasteiger partial charge in [-0.2, -0.15) is 0 Å². The van der Waals surface area contributed by atoms with Gasteiger partial charge in [0.1, 0.15) is 0 Å². The summed E-state index contributed by atoms with van der Waals surface area (Å²) < 4.78 is 0. The lowest BCUT2D eigenvalue weighted by atomic mass is 10.1. The monoisotopic (exact) mass is 216 g/mol. The van der Waals surface area contributed by atoms with Crippen molar-refractivity contribution in [2.75, 3.05) is 19.7 Å². The predicted molar refractivity (Wildman–Crippen MR) is 61.6 cm³/mol. The van der Waals surface area contributed by atoms with Crippen LogP contribution in [0.25, 0.3) is 0 Å². The standard InChI is InChI=1S/C11H24N2O2/c1-9(2)13-7-11(15)12-6-4-5-10(3)8-14/h9-10,13-14H,4-8H2,1-3H3,(H,12,15). The summed E-state index contributed by atoms with van der Waals surface area (Å²) in [6.07, 6.45) is 1.88. The first-order valence-corrected chi connectivity index (χ1v) is 5.67. The fourth-order valence-electron chi connectivity index (χ4n) is 1.13. The molecule has 3 N–H and O–H groups in total. The second-order valence-electron chi connectivity index (χ2n) is 4.32. The van der Waals surface area contributed by atoms with Gasteiger partial charge in [-0.1, -0.05) is 20.8 Å². The van der Waals surface area contributed by atoms with E-state index >= 15 is 0 Å². The number of aliphatic hydroxyl groups is 1. The number of rotatable bonds is 8. The molecular formula is C11H24N2O2. The maximum atomic E-state index is 11.2. The van der Waals surface area contributed by atoms with E-state index in [4.69, 9.17) is 5.11 Å². The molecule has 0 rings (SSSR count). The Morgan fingerprint density at radius 2 is 2.00 bits per heavy atom. The van der Waals surface area contributed by atoms with Crippen molar-refractivity contribution in [2.24, 2.45) is 5.92 Å². The molecular weight excluding hydrogens is 192 g/mol. The lowest BCUT2D eigenvalue weighted by Crippen LogP contribution is -2.37. The second kappa shape index (κ2) is 8.68. The van der Waals surface area contributed by atoms with Gasteiger partial charge in [0.2, 0.25) is 5.91 Å². The largest absolute Gasteiger partial charge is 0.396 e. The zero-order valence-corrected chi connectivity index (χ0v) is 10.0. The third-order valence-electron chi connectivity index (χ3n) is 2.18. The van der Waals surface area contributed by atoms with E-state index in [1.54, 1.807) is 0 Å². The van der Waals surface area contributed by atoms with E-state index in [0.717, 1.165) is 12.8 Å². The number of hydrogen-bond donors (Lipinski definition) is 3. The highest BCUT2D eigenvalue weighted by atomic mass is 16.3. The molecule has 90 valence electrons. The number of nitrogens with one attached hydrogen (secondary N) is 2. The number of aliphatic hydroxyl groups excluding tert-OH is 1. The molecule has 0 spiro atoms. The highest BCUT2D eigenvalue weighted by Crippen LogP contribution is 2.02. The van der Waals surface area contributed by atoms with Crippen molar-refractivity contribution in [3.05, 3.63) is 0 Å². The van der Waals surface area contributed by atoms with Crippen molar-refractivity contribution in [3.63, 3.8) is 0 Å². The van der Waals surface area contributed by atoms with Gasteiger partial charge in [-0.05, 0) is 18.8 Å². The molecule has 0 saturated carbocycles. The fraction of sp³-hybridized carbons (Fsp3) is 0.909. The van der Waals surface area contributed by atoms with Crippen molar-refractivity contribution >= 4 is 5.91 Å². The first-order chi connectivity index (χ1) is 7.06. The molecule has 15 heavy (non-hydrogen) atoms. The molecule has 0 heterocycles. The second-order valence-corrected chi connectivity index (χ2v) is 4.32. The normalized spacial score (nSPS) is 12.9. The van der Waals surface area contributed by atoms with Gasteiger partial charge in [0.25, 0.3) is 0 Å². The van der Waals surface area contributed by atoms with Crippen LogP contribution in [0.1, 0.15) is 33.6 Å². The van der Waals surface area contributed by atoms with E-state index in [1.807, 2.05) is 20.8 Å². The number of amides is 1. The lowest BCUT2D eigenvalue weighted by Gasteiger charge is -2.10. The summed E-state index contributed by atoms with van der Waals surface area (Å²) in [6, 6.07) is 0.338. The van der Waals surface area contributed by atoms with E-state index < -0.39 is 0 Å². The molecule has 0 aromatic rings. The van der Waals surface area contributed by atoms with E-state index in [2.05, 4.69) is 10.6 Å². The Morgan fingerprint density at radius 3 is 2.53 bits per heavy atom. The topological polar surface area (TPSA) is 61.4 Å². The van der Waals surface area contributed by atoms with Crippen LogP contribution in [0.2, 0.25) is 0 Å². The molecule has 1 amide bonds. The van der Waals surface area contributed by atoms with E-state index in [9.17, 15) is 4.79 Å². The molecule has 0 fully saturated rings. The highest BCUT2D eigenvalue weighted by molar-refractivity contribution is 5.77. The molecule has 4 nitrogen and oxygen atoms in total. The van der Waals surface area contributed by atoms with E-state index in [0.29, 0.717) is 25.0 Å². The SMILES string of the molecule is CC(CO)CCCNC(=O)CNC(C)C. The van der Waals surface area contributed by atoms with Gasteiger partial charge in [-0.15, -0.1) is 0 Å². The molecule has 1 unspecified atom stereocenters. The third-order valence-corrected chi connectivity index (χ3v) is 2.18. The van der Waals surface area contributed by atoms with E-state index in [-0.39, 0.29) is 12.5 Å². The van der Waals surface area contributed by atoms with Crippen molar-refractivity contribution in [2.45, 2.75) is 39.7 Å². The van der Waals surface area contributed by atoms with Crippen LogP contribution in [0.15, 0.2) is 0 Å². The zero-order valence-electron chi connectivity index (χ0n) is 10.0. The minimum atomic E-state index is 0.0420. The average Bonchev–Trinajstić information content (AvgIpc) is 2.21. The molecule has 0 aromatic heterocycles. The van der Waals surface area contributed by atoms with Crippen molar-refractivity contribution in [1.82, 2.24) is 10.6 Å². The molecule has 0 radical (unpaired) electrons. The number of hydrogen-bond acceptors (Lipinski definition) is 3. The molecule has 4 heteroatoms. The number of carbonyl (C=O) groups excluding carboxylic acids is 1. The van der Waals surface area contributed by atoms with Gasteiger partial charge < -0.3 is 15.7 Å². The van der Waals surface area contributed by atoms with Crippen LogP contribution in [0.3, 0.4) is 0 Å². The Hall–Kier alpha value is -0.610. The van der Waals surface area contributed by atoms with Crippen LogP contribution in [-0.4, -0.2) is 36.8 Å². The van der Waals surface area contributed by atoms with Gasteiger partial charge in [-0.25, -0.2) is 0 Å². The summed E-state index contributed by atoms with van der Waals surface area (Å²) >= 11 is 0. The Bertz CT molecular complexity index is 172. The van der Waals surface area contributed by atoms with Crippen molar-refractivity contribution in [3.8, 4) is 0 Å². The third kappa shape index (κ3) is 9.69. The van der Waals surface area contributed by atoms with Crippen LogP contribution in [0.4, 0.5) is 0 Å². The van der Waals surface area contributed by atoms with Crippen LogP contribution >= 0.6 is 0 Å². The molecule has 0 aliphatic heterocycles. The molecule has 0 aliphatic rings. The predicted octanol–water partition coefficient (Wildman–Crippen LogP) is 0.509. The van der Waals surface area contributed by atoms with Crippen LogP contribution in [0.5, 0.6) is 0 Å². The first-order valence-electron chi connectivity index (χ1n) is 5.67. The van der Waals surface area contributed by atoms with Crippen LogP contribution in [-0.2, 0) is 4.79 Å². The molecule has 0 aromatic carbocycles. The maximum absolute atomic E-state index is 11.2. The smallest absolute Gasteiger partial charge is 0.233 e. The first kappa shape index (κ1) is 14.4. The zero-order chi connectivity index (χ0) is 11.7. The summed E-state index contributed by atoms with van der Waals surface area (Å²) in [6.45, 7) is 7.33. The van der Waals surface area contributed by atoms with Crippen molar-refractivity contribution < 1.29 is 9.90 Å². The van der Waals surface area contributed by atoms with Gasteiger partial charge >= 0.3 is 0 Å². The highest BCUT2D eigenvalue weighted by Gasteiger charge is 2.02.